The molecule has 0 spiro atoms. The third-order valence-corrected chi connectivity index (χ3v) is 6.74. The third-order valence-electron chi connectivity index (χ3n) is 5.51. The number of benzene rings is 2. The van der Waals surface area contributed by atoms with Gasteiger partial charge in [-0.05, 0) is 59.6 Å². The summed E-state index contributed by atoms with van der Waals surface area (Å²) in [6, 6.07) is 13.0. The smallest absolute Gasteiger partial charge is 0.328 e. The van der Waals surface area contributed by atoms with Crippen LogP contribution in [-0.2, 0) is 16.6 Å². The van der Waals surface area contributed by atoms with Crippen molar-refractivity contribution in [2.24, 2.45) is 5.92 Å². The molecule has 0 fully saturated rings. The SMILES string of the molecule is CCc1cc(-c2cccc3sc(/C(C)=C\C(=O)O)cc23)c(OCC(C)C)c(C(C)(C)C)c1. The average molecular weight is 451 g/mol. The van der Waals surface area contributed by atoms with E-state index in [1.165, 1.54) is 17.2 Å². The van der Waals surface area contributed by atoms with Gasteiger partial charge in [0.2, 0.25) is 0 Å². The summed E-state index contributed by atoms with van der Waals surface area (Å²) >= 11 is 1.63. The molecule has 0 radical (unpaired) electrons. The zero-order chi connectivity index (χ0) is 23.6. The van der Waals surface area contributed by atoms with Gasteiger partial charge in [0.15, 0.2) is 0 Å². The van der Waals surface area contributed by atoms with Gasteiger partial charge in [0.25, 0.3) is 0 Å². The summed E-state index contributed by atoms with van der Waals surface area (Å²) in [5.74, 6) is 0.463. The minimum atomic E-state index is -0.921. The molecule has 0 saturated heterocycles. The van der Waals surface area contributed by atoms with Crippen LogP contribution in [0.15, 0.2) is 42.5 Å². The van der Waals surface area contributed by atoms with Gasteiger partial charge in [0.1, 0.15) is 5.75 Å². The van der Waals surface area contributed by atoms with Crippen molar-refractivity contribution in [3.05, 3.63) is 58.5 Å². The fraction of sp³-hybridized carbons (Fsp3) is 0.393. The van der Waals surface area contributed by atoms with Crippen molar-refractivity contribution in [3.8, 4) is 16.9 Å². The van der Waals surface area contributed by atoms with Crippen molar-refractivity contribution >= 4 is 33.0 Å². The minimum absolute atomic E-state index is 0.0548. The molecule has 0 amide bonds. The number of hydrogen-bond acceptors (Lipinski definition) is 3. The molecule has 1 heterocycles. The van der Waals surface area contributed by atoms with Crippen LogP contribution in [0, 0.1) is 5.92 Å². The number of ether oxygens (including phenoxy) is 1. The molecule has 1 N–H and O–H groups in total. The first-order valence-corrected chi connectivity index (χ1v) is 12.1. The second kappa shape index (κ2) is 9.50. The van der Waals surface area contributed by atoms with Gasteiger partial charge in [0, 0.05) is 32.2 Å². The maximum absolute atomic E-state index is 11.2. The minimum Gasteiger partial charge on any atom is -0.492 e. The van der Waals surface area contributed by atoms with E-state index in [0.29, 0.717) is 12.5 Å². The number of allylic oxidation sites excluding steroid dienone is 1. The zero-order valence-electron chi connectivity index (χ0n) is 20.2. The van der Waals surface area contributed by atoms with Gasteiger partial charge in [-0.3, -0.25) is 0 Å². The summed E-state index contributed by atoms with van der Waals surface area (Å²) in [6.07, 6.45) is 2.23. The Morgan fingerprint density at radius 3 is 2.47 bits per heavy atom. The van der Waals surface area contributed by atoms with Crippen LogP contribution in [0.5, 0.6) is 5.75 Å². The summed E-state index contributed by atoms with van der Waals surface area (Å²) in [7, 11) is 0. The topological polar surface area (TPSA) is 46.5 Å². The molecule has 0 bridgehead atoms. The van der Waals surface area contributed by atoms with E-state index >= 15 is 0 Å². The molecule has 2 aromatic carbocycles. The van der Waals surface area contributed by atoms with Gasteiger partial charge in [-0.2, -0.15) is 0 Å². The lowest BCUT2D eigenvalue weighted by Crippen LogP contribution is -2.16. The van der Waals surface area contributed by atoms with Crippen molar-refractivity contribution in [2.45, 2.75) is 60.3 Å². The largest absolute Gasteiger partial charge is 0.492 e. The average Bonchev–Trinajstić information content (AvgIpc) is 3.15. The Morgan fingerprint density at radius 1 is 1.16 bits per heavy atom. The van der Waals surface area contributed by atoms with E-state index in [9.17, 15) is 4.79 Å². The van der Waals surface area contributed by atoms with Crippen molar-refractivity contribution in [1.82, 2.24) is 0 Å². The first-order chi connectivity index (χ1) is 15.0. The number of aliphatic carboxylic acids is 1. The lowest BCUT2D eigenvalue weighted by molar-refractivity contribution is -0.131. The second-order valence-corrected chi connectivity index (χ2v) is 10.9. The quantitative estimate of drug-likeness (QED) is 0.371. The fourth-order valence-electron chi connectivity index (χ4n) is 3.80. The van der Waals surface area contributed by atoms with Gasteiger partial charge >= 0.3 is 5.97 Å². The number of hydrogen-bond donors (Lipinski definition) is 1. The molecule has 3 rings (SSSR count). The maximum Gasteiger partial charge on any atom is 0.328 e. The molecule has 3 nitrogen and oxygen atoms in total. The van der Waals surface area contributed by atoms with Crippen LogP contribution in [0.4, 0.5) is 0 Å². The number of thiophene rings is 1. The Hall–Kier alpha value is -2.59. The highest BCUT2D eigenvalue weighted by atomic mass is 32.1. The highest BCUT2D eigenvalue weighted by Crippen LogP contribution is 2.44. The van der Waals surface area contributed by atoms with Gasteiger partial charge in [-0.25, -0.2) is 4.79 Å². The van der Waals surface area contributed by atoms with Gasteiger partial charge < -0.3 is 9.84 Å². The first-order valence-electron chi connectivity index (χ1n) is 11.3. The molecule has 0 aliphatic carbocycles. The van der Waals surface area contributed by atoms with Crippen LogP contribution < -0.4 is 4.74 Å². The molecule has 4 heteroatoms. The lowest BCUT2D eigenvalue weighted by atomic mass is 9.82. The summed E-state index contributed by atoms with van der Waals surface area (Å²) in [4.78, 5) is 12.1. The maximum atomic E-state index is 11.2. The third kappa shape index (κ3) is 5.24. The summed E-state index contributed by atoms with van der Waals surface area (Å²) in [6.45, 7) is 15.7. The van der Waals surface area contributed by atoms with Crippen molar-refractivity contribution < 1.29 is 14.6 Å². The van der Waals surface area contributed by atoms with E-state index in [1.807, 2.05) is 6.92 Å². The normalized spacial score (nSPS) is 12.6. The Kier molecular flexibility index (Phi) is 7.14. The number of aryl methyl sites for hydroxylation is 1. The predicted octanol–water partition coefficient (Wildman–Crippen LogP) is 7.95. The Balaban J connectivity index is 2.30. The van der Waals surface area contributed by atoms with Crippen LogP contribution >= 0.6 is 11.3 Å². The van der Waals surface area contributed by atoms with E-state index in [0.717, 1.165) is 43.8 Å². The van der Waals surface area contributed by atoms with Crippen molar-refractivity contribution in [2.75, 3.05) is 6.61 Å². The molecule has 3 aromatic rings. The molecule has 1 aromatic heterocycles. The first kappa shape index (κ1) is 24.1. The van der Waals surface area contributed by atoms with E-state index in [-0.39, 0.29) is 5.41 Å². The van der Waals surface area contributed by atoms with Crippen LogP contribution in [-0.4, -0.2) is 17.7 Å². The zero-order valence-corrected chi connectivity index (χ0v) is 21.0. The van der Waals surface area contributed by atoms with Gasteiger partial charge in [-0.15, -0.1) is 11.3 Å². The summed E-state index contributed by atoms with van der Waals surface area (Å²) < 4.78 is 7.62. The molecule has 0 unspecified atom stereocenters. The molecule has 32 heavy (non-hydrogen) atoms. The Labute approximate surface area is 195 Å². The van der Waals surface area contributed by atoms with E-state index in [4.69, 9.17) is 9.84 Å². The monoisotopic (exact) mass is 450 g/mol. The molecular weight excluding hydrogens is 416 g/mol. The molecule has 170 valence electrons. The van der Waals surface area contributed by atoms with E-state index < -0.39 is 5.97 Å². The van der Waals surface area contributed by atoms with E-state index in [1.54, 1.807) is 11.3 Å². The van der Waals surface area contributed by atoms with Crippen LogP contribution in [0.25, 0.3) is 26.8 Å². The lowest BCUT2D eigenvalue weighted by Gasteiger charge is -2.27. The standard InChI is InChI=1S/C28H34O3S/c1-8-19-13-22(27(31-16-17(2)3)23(14-19)28(5,6)7)20-10-9-11-24-21(20)15-25(32-24)18(4)12-26(29)30/h9-15,17H,8,16H2,1-7H3,(H,29,30)/b18-12-. The Morgan fingerprint density at radius 2 is 1.88 bits per heavy atom. The summed E-state index contributed by atoms with van der Waals surface area (Å²) in [5.41, 5.74) is 5.47. The second-order valence-electron chi connectivity index (χ2n) is 9.82. The predicted molar refractivity (Wildman–Crippen MR) is 137 cm³/mol. The van der Waals surface area contributed by atoms with Crippen molar-refractivity contribution in [1.29, 1.82) is 0 Å². The molecule has 0 saturated carbocycles. The number of carboxylic acid groups (broad SMARTS) is 1. The number of carbonyl (C=O) groups is 1. The molecule has 0 aliphatic heterocycles. The van der Waals surface area contributed by atoms with Gasteiger partial charge in [0.05, 0.1) is 6.61 Å². The molecule has 0 aliphatic rings. The Bertz CT molecular complexity index is 1160. The van der Waals surface area contributed by atoms with Gasteiger partial charge in [-0.1, -0.05) is 59.7 Å². The number of fused-ring (bicyclic) bond motifs is 1. The highest BCUT2D eigenvalue weighted by molar-refractivity contribution is 7.20. The number of rotatable bonds is 7. The summed E-state index contributed by atoms with van der Waals surface area (Å²) in [5, 5.41) is 10.3. The van der Waals surface area contributed by atoms with E-state index in [2.05, 4.69) is 77.9 Å². The van der Waals surface area contributed by atoms with Crippen LogP contribution in [0.3, 0.4) is 0 Å². The number of carboxylic acids is 1. The van der Waals surface area contributed by atoms with Crippen LogP contribution in [0.1, 0.15) is 64.5 Å². The van der Waals surface area contributed by atoms with Crippen molar-refractivity contribution in [3.63, 3.8) is 0 Å². The fourth-order valence-corrected chi connectivity index (χ4v) is 4.86. The van der Waals surface area contributed by atoms with Crippen LogP contribution in [0.2, 0.25) is 0 Å². The molecular formula is C28H34O3S. The molecule has 0 atom stereocenters. The highest BCUT2D eigenvalue weighted by Gasteiger charge is 2.24.